The van der Waals surface area contributed by atoms with Gasteiger partial charge >= 0.3 is 0 Å². The van der Waals surface area contributed by atoms with Gasteiger partial charge in [-0.15, -0.1) is 0 Å². The zero-order chi connectivity index (χ0) is 17.8. The van der Waals surface area contributed by atoms with E-state index in [1.54, 1.807) is 0 Å². The highest BCUT2D eigenvalue weighted by atomic mass is 32.2. The Labute approximate surface area is 152 Å². The number of fused-ring (bicyclic) bond motifs is 1. The molecule has 8 heteroatoms. The minimum Gasteiger partial charge on any atom is -0.454 e. The summed E-state index contributed by atoms with van der Waals surface area (Å²) in [5, 5.41) is 9.13. The lowest BCUT2D eigenvalue weighted by Crippen LogP contribution is -2.48. The number of nitrogens with one attached hydrogen (secondary N) is 1. The summed E-state index contributed by atoms with van der Waals surface area (Å²) in [4.78, 5) is 8.62. The number of rotatable bonds is 3. The van der Waals surface area contributed by atoms with Crippen LogP contribution in [-0.4, -0.2) is 59.7 Å². The fraction of sp³-hybridized carbons (Fsp3) is 0.529. The van der Waals surface area contributed by atoms with Gasteiger partial charge in [0.2, 0.25) is 6.79 Å². The molecular weight excluding hydrogens is 338 g/mol. The fourth-order valence-corrected chi connectivity index (χ4v) is 3.75. The number of amidine groups is 2. The number of hydrogen-bond donors (Lipinski definition) is 2. The van der Waals surface area contributed by atoms with Crippen LogP contribution in [0.5, 0.6) is 11.5 Å². The molecule has 0 radical (unpaired) electrons. The summed E-state index contributed by atoms with van der Waals surface area (Å²) in [7, 11) is 0. The van der Waals surface area contributed by atoms with Gasteiger partial charge < -0.3 is 20.1 Å². The van der Waals surface area contributed by atoms with E-state index in [4.69, 9.17) is 20.6 Å². The second kappa shape index (κ2) is 7.97. The van der Waals surface area contributed by atoms with Crippen molar-refractivity contribution in [3.63, 3.8) is 0 Å². The predicted octanol–water partition coefficient (Wildman–Crippen LogP) is 2.10. The molecule has 0 amide bonds. The van der Waals surface area contributed by atoms with Crippen molar-refractivity contribution in [3.8, 4) is 11.5 Å². The van der Waals surface area contributed by atoms with Crippen molar-refractivity contribution in [2.45, 2.75) is 19.9 Å². The number of benzene rings is 1. The second-order valence-electron chi connectivity index (χ2n) is 6.03. The van der Waals surface area contributed by atoms with Crippen LogP contribution in [0.4, 0.5) is 0 Å². The smallest absolute Gasteiger partial charge is 0.231 e. The SMILES string of the molecule is CCN=C(N)SC(=N)N1CCN([C@@H](C)c2ccc3c(c2)OCO3)CC1. The van der Waals surface area contributed by atoms with Gasteiger partial charge in [-0.05, 0) is 43.3 Å². The third kappa shape index (κ3) is 4.19. The van der Waals surface area contributed by atoms with Crippen LogP contribution < -0.4 is 15.2 Å². The van der Waals surface area contributed by atoms with E-state index in [0.29, 0.717) is 29.7 Å². The number of hydrogen-bond acceptors (Lipinski definition) is 6. The van der Waals surface area contributed by atoms with Crippen molar-refractivity contribution >= 4 is 22.1 Å². The third-order valence-electron chi connectivity index (χ3n) is 4.54. The Hall–Kier alpha value is -1.93. The molecule has 1 aromatic carbocycles. The van der Waals surface area contributed by atoms with Gasteiger partial charge in [-0.2, -0.15) is 0 Å². The van der Waals surface area contributed by atoms with Gasteiger partial charge in [-0.3, -0.25) is 15.3 Å². The van der Waals surface area contributed by atoms with Crippen LogP contribution in [0, 0.1) is 5.41 Å². The van der Waals surface area contributed by atoms with E-state index < -0.39 is 0 Å². The zero-order valence-corrected chi connectivity index (χ0v) is 15.5. The highest BCUT2D eigenvalue weighted by Gasteiger charge is 2.25. The monoisotopic (exact) mass is 363 g/mol. The van der Waals surface area contributed by atoms with E-state index in [-0.39, 0.29) is 0 Å². The maximum atomic E-state index is 8.19. The number of aliphatic imine (C=N–C) groups is 1. The predicted molar refractivity (Wildman–Crippen MR) is 102 cm³/mol. The molecule has 3 N–H and O–H groups in total. The minimum absolute atomic E-state index is 0.296. The quantitative estimate of drug-likeness (QED) is 0.632. The van der Waals surface area contributed by atoms with Crippen LogP contribution in [0.25, 0.3) is 0 Å². The van der Waals surface area contributed by atoms with Crippen LogP contribution in [0.1, 0.15) is 25.5 Å². The van der Waals surface area contributed by atoms with E-state index in [1.165, 1.54) is 17.3 Å². The summed E-state index contributed by atoms with van der Waals surface area (Å²) in [6.07, 6.45) is 0. The van der Waals surface area contributed by atoms with Crippen LogP contribution in [0.15, 0.2) is 23.2 Å². The third-order valence-corrected chi connectivity index (χ3v) is 5.33. The molecule has 25 heavy (non-hydrogen) atoms. The van der Waals surface area contributed by atoms with E-state index in [1.807, 2.05) is 13.0 Å². The molecule has 2 heterocycles. The largest absolute Gasteiger partial charge is 0.454 e. The van der Waals surface area contributed by atoms with E-state index in [2.05, 4.69) is 33.8 Å². The van der Waals surface area contributed by atoms with Crippen molar-refractivity contribution in [2.24, 2.45) is 10.7 Å². The van der Waals surface area contributed by atoms with Crippen LogP contribution in [0.2, 0.25) is 0 Å². The molecule has 136 valence electrons. The number of ether oxygens (including phenoxy) is 2. The average Bonchev–Trinajstić information content (AvgIpc) is 3.09. The van der Waals surface area contributed by atoms with Gasteiger partial charge in [0.25, 0.3) is 0 Å². The zero-order valence-electron chi connectivity index (χ0n) is 14.7. The summed E-state index contributed by atoms with van der Waals surface area (Å²) in [5.74, 6) is 1.64. The van der Waals surface area contributed by atoms with Gasteiger partial charge in [-0.1, -0.05) is 6.07 Å². The summed E-state index contributed by atoms with van der Waals surface area (Å²) in [5.41, 5.74) is 7.02. The first-order valence-corrected chi connectivity index (χ1v) is 9.35. The van der Waals surface area contributed by atoms with Crippen LogP contribution >= 0.6 is 11.8 Å². The molecule has 0 bridgehead atoms. The Bertz CT molecular complexity index is 658. The lowest BCUT2D eigenvalue weighted by Gasteiger charge is -2.38. The number of thioether (sulfide) groups is 1. The summed E-state index contributed by atoms with van der Waals surface area (Å²) < 4.78 is 10.9. The van der Waals surface area contributed by atoms with Gasteiger partial charge in [0.05, 0.1) is 0 Å². The molecule has 0 saturated carbocycles. The molecule has 0 aromatic heterocycles. The molecule has 7 nitrogen and oxygen atoms in total. The topological polar surface area (TPSA) is 87.2 Å². The van der Waals surface area contributed by atoms with E-state index >= 15 is 0 Å². The molecule has 0 unspecified atom stereocenters. The number of piperazine rings is 1. The van der Waals surface area contributed by atoms with Crippen molar-refractivity contribution in [2.75, 3.05) is 39.5 Å². The summed E-state index contributed by atoms with van der Waals surface area (Å²) in [6.45, 7) is 8.54. The lowest BCUT2D eigenvalue weighted by molar-refractivity contribution is 0.141. The lowest BCUT2D eigenvalue weighted by atomic mass is 10.1. The molecule has 0 spiro atoms. The first kappa shape index (κ1) is 17.9. The molecule has 1 atom stereocenters. The second-order valence-corrected chi connectivity index (χ2v) is 7.04. The molecule has 2 aliphatic rings. The molecule has 0 aliphatic carbocycles. The minimum atomic E-state index is 0.296. The molecular formula is C17H25N5O2S. The fourth-order valence-electron chi connectivity index (χ4n) is 3.05. The van der Waals surface area contributed by atoms with Gasteiger partial charge in [-0.25, -0.2) is 0 Å². The van der Waals surface area contributed by atoms with Crippen molar-refractivity contribution in [3.05, 3.63) is 23.8 Å². The molecule has 2 aliphatic heterocycles. The maximum Gasteiger partial charge on any atom is 0.231 e. The van der Waals surface area contributed by atoms with E-state index in [0.717, 1.165) is 37.7 Å². The Morgan fingerprint density at radius 1 is 1.28 bits per heavy atom. The number of nitrogens with two attached hydrogens (primary N) is 1. The molecule has 1 saturated heterocycles. The average molecular weight is 363 g/mol. The molecule has 3 rings (SSSR count). The molecule has 1 aromatic rings. The Balaban J connectivity index is 1.55. The first-order valence-electron chi connectivity index (χ1n) is 8.53. The van der Waals surface area contributed by atoms with Crippen molar-refractivity contribution in [1.82, 2.24) is 9.80 Å². The first-order chi connectivity index (χ1) is 12.1. The van der Waals surface area contributed by atoms with Crippen molar-refractivity contribution in [1.29, 1.82) is 5.41 Å². The van der Waals surface area contributed by atoms with Crippen LogP contribution in [0.3, 0.4) is 0 Å². The normalized spacial score (nSPS) is 19.1. The van der Waals surface area contributed by atoms with Gasteiger partial charge in [0.1, 0.15) is 0 Å². The van der Waals surface area contributed by atoms with Crippen LogP contribution in [-0.2, 0) is 0 Å². The van der Waals surface area contributed by atoms with Crippen molar-refractivity contribution < 1.29 is 9.47 Å². The highest BCUT2D eigenvalue weighted by molar-refractivity contribution is 8.26. The Morgan fingerprint density at radius 3 is 2.72 bits per heavy atom. The van der Waals surface area contributed by atoms with E-state index in [9.17, 15) is 0 Å². The Morgan fingerprint density at radius 2 is 2.00 bits per heavy atom. The Kier molecular flexibility index (Phi) is 5.70. The summed E-state index contributed by atoms with van der Waals surface area (Å²) >= 11 is 1.24. The maximum absolute atomic E-state index is 8.19. The highest BCUT2D eigenvalue weighted by Crippen LogP contribution is 2.35. The standard InChI is InChI=1S/C17H25N5O2S/c1-3-20-16(18)25-17(19)22-8-6-21(7-9-22)12(2)13-4-5-14-15(10-13)24-11-23-14/h4-5,10,12,19H,3,6-9,11H2,1-2H3,(H2,18,20)/t12-/m0/s1. The molecule has 1 fully saturated rings. The summed E-state index contributed by atoms with van der Waals surface area (Å²) in [6, 6.07) is 6.45. The number of nitrogens with zero attached hydrogens (tertiary/aromatic N) is 3. The van der Waals surface area contributed by atoms with Gasteiger partial charge in [0, 0.05) is 38.8 Å². The van der Waals surface area contributed by atoms with Gasteiger partial charge in [0.15, 0.2) is 21.8 Å².